The highest BCUT2D eigenvalue weighted by Crippen LogP contribution is 2.24. The maximum Gasteiger partial charge on any atom is 0.238 e. The molecule has 0 amide bonds. The van der Waals surface area contributed by atoms with E-state index in [4.69, 9.17) is 9.84 Å². The van der Waals surface area contributed by atoms with Crippen molar-refractivity contribution in [2.24, 2.45) is 5.92 Å². The van der Waals surface area contributed by atoms with Crippen molar-refractivity contribution < 1.29 is 9.84 Å². The van der Waals surface area contributed by atoms with E-state index in [0.717, 1.165) is 10.9 Å². The van der Waals surface area contributed by atoms with Crippen LogP contribution in [0.3, 0.4) is 0 Å². The first-order valence-corrected chi connectivity index (χ1v) is 5.90. The molecule has 2 aromatic rings. The molecule has 0 aliphatic carbocycles. The van der Waals surface area contributed by atoms with Gasteiger partial charge in [-0.05, 0) is 18.1 Å². The average molecular weight is 234 g/mol. The van der Waals surface area contributed by atoms with Crippen LogP contribution in [0.4, 0.5) is 0 Å². The van der Waals surface area contributed by atoms with Gasteiger partial charge >= 0.3 is 0 Å². The lowest BCUT2D eigenvalue weighted by atomic mass is 10.2. The number of fused-ring (bicyclic) bond motifs is 1. The summed E-state index contributed by atoms with van der Waals surface area (Å²) in [5.41, 5.74) is 0.960. The van der Waals surface area contributed by atoms with Crippen LogP contribution in [0.1, 0.15) is 13.8 Å². The van der Waals surface area contributed by atoms with E-state index in [-0.39, 0.29) is 6.61 Å². The third-order valence-electron chi connectivity index (χ3n) is 2.54. The molecule has 0 aliphatic heterocycles. The second-order valence-corrected chi connectivity index (χ2v) is 4.49. The molecule has 0 aliphatic rings. The molecule has 4 heteroatoms. The predicted octanol–water partition coefficient (Wildman–Crippen LogP) is 2.06. The normalized spacial score (nSPS) is 11.3. The number of aliphatic hydroxyl groups is 1. The second kappa shape index (κ2) is 5.19. The Morgan fingerprint density at radius 3 is 2.94 bits per heavy atom. The van der Waals surface area contributed by atoms with Crippen molar-refractivity contribution in [3.63, 3.8) is 0 Å². The number of rotatable bonds is 5. The minimum Gasteiger partial charge on any atom is -0.476 e. The number of aromatic nitrogens is 2. The molecule has 0 spiro atoms. The number of aliphatic hydroxyl groups excluding tert-OH is 1. The molecule has 0 unspecified atom stereocenters. The van der Waals surface area contributed by atoms with Crippen molar-refractivity contribution in [2.45, 2.75) is 20.4 Å². The first-order valence-electron chi connectivity index (χ1n) is 5.90. The smallest absolute Gasteiger partial charge is 0.238 e. The zero-order chi connectivity index (χ0) is 12.3. The van der Waals surface area contributed by atoms with Crippen LogP contribution in [-0.2, 0) is 6.54 Å². The fraction of sp³-hybridized carbons (Fsp3) is 0.462. The number of pyridine rings is 1. The first kappa shape index (κ1) is 11.9. The summed E-state index contributed by atoms with van der Waals surface area (Å²) in [6.07, 6.45) is 3.70. The molecule has 4 nitrogen and oxygen atoms in total. The topological polar surface area (TPSA) is 47.3 Å². The summed E-state index contributed by atoms with van der Waals surface area (Å²) in [5, 5.41) is 10.1. The van der Waals surface area contributed by atoms with Crippen molar-refractivity contribution >= 4 is 10.9 Å². The molecule has 0 aromatic carbocycles. The number of nitrogens with zero attached hydrogens (tertiary/aromatic N) is 2. The number of ether oxygens (including phenoxy) is 1. The van der Waals surface area contributed by atoms with Crippen molar-refractivity contribution in [1.82, 2.24) is 9.55 Å². The largest absolute Gasteiger partial charge is 0.476 e. The van der Waals surface area contributed by atoms with E-state index >= 15 is 0 Å². The lowest BCUT2D eigenvalue weighted by molar-refractivity contribution is 0.260. The Morgan fingerprint density at radius 1 is 1.41 bits per heavy atom. The standard InChI is InChI=1S/C13H18N2O2/c1-10(2)9-17-13-12-11(3-5-14-13)4-6-15(12)7-8-16/h3-6,10,16H,7-9H2,1-2H3. The van der Waals surface area contributed by atoms with Crippen LogP contribution in [-0.4, -0.2) is 27.9 Å². The third kappa shape index (κ3) is 2.58. The summed E-state index contributed by atoms with van der Waals surface area (Å²) in [4.78, 5) is 4.27. The molecule has 0 bridgehead atoms. The van der Waals surface area contributed by atoms with Gasteiger partial charge in [-0.25, -0.2) is 4.98 Å². The van der Waals surface area contributed by atoms with Crippen LogP contribution >= 0.6 is 0 Å². The Morgan fingerprint density at radius 2 is 2.24 bits per heavy atom. The van der Waals surface area contributed by atoms with Gasteiger partial charge in [0.2, 0.25) is 5.88 Å². The van der Waals surface area contributed by atoms with Crippen LogP contribution in [0.5, 0.6) is 5.88 Å². The molecule has 1 N–H and O–H groups in total. The Kier molecular flexibility index (Phi) is 3.64. The highest BCUT2D eigenvalue weighted by atomic mass is 16.5. The summed E-state index contributed by atoms with van der Waals surface area (Å²) < 4.78 is 7.68. The molecular formula is C13H18N2O2. The Balaban J connectivity index is 2.36. The van der Waals surface area contributed by atoms with Gasteiger partial charge in [0, 0.05) is 24.3 Å². The van der Waals surface area contributed by atoms with Crippen LogP contribution in [0, 0.1) is 5.92 Å². The van der Waals surface area contributed by atoms with Gasteiger partial charge in [0.25, 0.3) is 0 Å². The lowest BCUT2D eigenvalue weighted by Gasteiger charge is -2.11. The van der Waals surface area contributed by atoms with E-state index in [1.165, 1.54) is 0 Å². The maximum atomic E-state index is 9.02. The Bertz CT molecular complexity index is 491. The summed E-state index contributed by atoms with van der Waals surface area (Å²) in [7, 11) is 0. The van der Waals surface area contributed by atoms with Crippen molar-refractivity contribution in [1.29, 1.82) is 0 Å². The minimum absolute atomic E-state index is 0.113. The fourth-order valence-electron chi connectivity index (χ4n) is 1.76. The van der Waals surface area contributed by atoms with Crippen LogP contribution in [0.25, 0.3) is 10.9 Å². The molecular weight excluding hydrogens is 216 g/mol. The van der Waals surface area contributed by atoms with E-state index in [1.807, 2.05) is 22.9 Å². The van der Waals surface area contributed by atoms with Crippen LogP contribution in [0.2, 0.25) is 0 Å². The van der Waals surface area contributed by atoms with Gasteiger partial charge in [-0.2, -0.15) is 0 Å². The van der Waals surface area contributed by atoms with Crippen molar-refractivity contribution in [3.05, 3.63) is 24.5 Å². The first-order chi connectivity index (χ1) is 8.22. The second-order valence-electron chi connectivity index (χ2n) is 4.49. The molecule has 17 heavy (non-hydrogen) atoms. The highest BCUT2D eigenvalue weighted by molar-refractivity contribution is 5.84. The quantitative estimate of drug-likeness (QED) is 0.861. The monoisotopic (exact) mass is 234 g/mol. The molecule has 0 saturated carbocycles. The molecule has 0 saturated heterocycles. The van der Waals surface area contributed by atoms with E-state index in [9.17, 15) is 0 Å². The molecule has 92 valence electrons. The van der Waals surface area contributed by atoms with Crippen molar-refractivity contribution in [3.8, 4) is 5.88 Å². The van der Waals surface area contributed by atoms with Crippen LogP contribution < -0.4 is 4.74 Å². The summed E-state index contributed by atoms with van der Waals surface area (Å²) >= 11 is 0. The van der Waals surface area contributed by atoms with Gasteiger partial charge in [-0.3, -0.25) is 0 Å². The summed E-state index contributed by atoms with van der Waals surface area (Å²) in [6.45, 7) is 5.53. The summed E-state index contributed by atoms with van der Waals surface area (Å²) in [5.74, 6) is 1.11. The van der Waals surface area contributed by atoms with Gasteiger partial charge in [-0.15, -0.1) is 0 Å². The maximum absolute atomic E-state index is 9.02. The van der Waals surface area contributed by atoms with E-state index in [1.54, 1.807) is 6.20 Å². The SMILES string of the molecule is CC(C)COc1nccc2ccn(CCO)c12. The molecule has 2 aromatic heterocycles. The van der Waals surface area contributed by atoms with Gasteiger partial charge < -0.3 is 14.4 Å². The number of hydrogen-bond acceptors (Lipinski definition) is 3. The molecule has 2 rings (SSSR count). The highest BCUT2D eigenvalue weighted by Gasteiger charge is 2.09. The molecule has 0 atom stereocenters. The Labute approximate surface area is 101 Å². The van der Waals surface area contributed by atoms with Crippen LogP contribution in [0.15, 0.2) is 24.5 Å². The Hall–Kier alpha value is -1.55. The lowest BCUT2D eigenvalue weighted by Crippen LogP contribution is -2.08. The zero-order valence-electron chi connectivity index (χ0n) is 10.3. The van der Waals surface area contributed by atoms with Crippen molar-refractivity contribution in [2.75, 3.05) is 13.2 Å². The molecule has 2 heterocycles. The van der Waals surface area contributed by atoms with Gasteiger partial charge in [0.1, 0.15) is 5.52 Å². The van der Waals surface area contributed by atoms with E-state index < -0.39 is 0 Å². The third-order valence-corrected chi connectivity index (χ3v) is 2.54. The van der Waals surface area contributed by atoms with Gasteiger partial charge in [0.15, 0.2) is 0 Å². The fourth-order valence-corrected chi connectivity index (χ4v) is 1.76. The van der Waals surface area contributed by atoms with Gasteiger partial charge in [-0.1, -0.05) is 13.8 Å². The zero-order valence-corrected chi connectivity index (χ0v) is 10.3. The van der Waals surface area contributed by atoms with E-state index in [0.29, 0.717) is 24.9 Å². The molecule has 0 radical (unpaired) electrons. The minimum atomic E-state index is 0.113. The summed E-state index contributed by atoms with van der Waals surface area (Å²) in [6, 6.07) is 3.96. The predicted molar refractivity (Wildman–Crippen MR) is 67.2 cm³/mol. The number of hydrogen-bond donors (Lipinski definition) is 1. The van der Waals surface area contributed by atoms with Gasteiger partial charge in [0.05, 0.1) is 13.2 Å². The average Bonchev–Trinajstić information content (AvgIpc) is 2.71. The van der Waals surface area contributed by atoms with E-state index in [2.05, 4.69) is 18.8 Å². The molecule has 0 fully saturated rings.